The van der Waals surface area contributed by atoms with E-state index < -0.39 is 0 Å². The second-order valence-electron chi connectivity index (χ2n) is 4.82. The molecule has 100 valence electrons. The summed E-state index contributed by atoms with van der Waals surface area (Å²) in [5, 5.41) is 12.1. The van der Waals surface area contributed by atoms with Gasteiger partial charge in [-0.1, -0.05) is 12.1 Å². The van der Waals surface area contributed by atoms with E-state index in [1.165, 1.54) is 0 Å². The zero-order chi connectivity index (χ0) is 13.6. The molecule has 18 heavy (non-hydrogen) atoms. The normalized spacial score (nSPS) is 11.3. The molecule has 1 amide bonds. The van der Waals surface area contributed by atoms with E-state index in [1.807, 2.05) is 26.8 Å². The van der Waals surface area contributed by atoms with E-state index in [0.717, 1.165) is 5.56 Å². The Morgan fingerprint density at radius 3 is 2.78 bits per heavy atom. The van der Waals surface area contributed by atoms with Crippen LogP contribution in [0.15, 0.2) is 24.3 Å². The fraction of sp³-hybridized carbons (Fsp3) is 0.500. The first-order valence-corrected chi connectivity index (χ1v) is 6.11. The van der Waals surface area contributed by atoms with Gasteiger partial charge < -0.3 is 15.2 Å². The lowest BCUT2D eigenvalue weighted by Gasteiger charge is -2.24. The van der Waals surface area contributed by atoms with E-state index >= 15 is 0 Å². The number of hydrogen-bond donors (Lipinski definition) is 2. The quantitative estimate of drug-likeness (QED) is 0.811. The topological polar surface area (TPSA) is 58.6 Å². The number of benzene rings is 1. The van der Waals surface area contributed by atoms with E-state index in [9.17, 15) is 9.90 Å². The third kappa shape index (κ3) is 5.19. The van der Waals surface area contributed by atoms with Gasteiger partial charge in [-0.15, -0.1) is 0 Å². The van der Waals surface area contributed by atoms with Crippen molar-refractivity contribution in [2.75, 3.05) is 13.2 Å². The SMILES string of the molecule is CCOC(C)(C)CNC(=O)Cc1cccc(O)c1. The van der Waals surface area contributed by atoms with E-state index in [2.05, 4.69) is 5.32 Å². The fourth-order valence-corrected chi connectivity index (χ4v) is 1.67. The summed E-state index contributed by atoms with van der Waals surface area (Å²) in [5.74, 6) is 0.100. The summed E-state index contributed by atoms with van der Waals surface area (Å²) in [6.07, 6.45) is 0.261. The number of hydrogen-bond acceptors (Lipinski definition) is 3. The van der Waals surface area contributed by atoms with Gasteiger partial charge in [0, 0.05) is 13.2 Å². The van der Waals surface area contributed by atoms with Gasteiger partial charge in [0.05, 0.1) is 12.0 Å². The second kappa shape index (κ2) is 6.40. The van der Waals surface area contributed by atoms with Gasteiger partial charge in [0.2, 0.25) is 5.91 Å². The molecule has 0 bridgehead atoms. The van der Waals surface area contributed by atoms with E-state index in [1.54, 1.807) is 18.2 Å². The van der Waals surface area contributed by atoms with Crippen LogP contribution in [0.4, 0.5) is 0 Å². The number of carbonyl (C=O) groups is 1. The predicted octanol–water partition coefficient (Wildman–Crippen LogP) is 1.87. The lowest BCUT2D eigenvalue weighted by molar-refractivity contribution is -0.122. The maximum Gasteiger partial charge on any atom is 0.224 e. The minimum Gasteiger partial charge on any atom is -0.508 e. The second-order valence-corrected chi connectivity index (χ2v) is 4.82. The third-order valence-electron chi connectivity index (χ3n) is 2.52. The average Bonchev–Trinajstić information content (AvgIpc) is 2.26. The van der Waals surface area contributed by atoms with Crippen molar-refractivity contribution in [2.45, 2.75) is 32.8 Å². The first-order valence-electron chi connectivity index (χ1n) is 6.11. The first kappa shape index (κ1) is 14.5. The Morgan fingerprint density at radius 1 is 1.44 bits per heavy atom. The molecule has 1 aromatic rings. The Labute approximate surface area is 108 Å². The van der Waals surface area contributed by atoms with Crippen LogP contribution in [0.1, 0.15) is 26.3 Å². The Bertz CT molecular complexity index is 402. The van der Waals surface area contributed by atoms with Gasteiger partial charge in [-0.2, -0.15) is 0 Å². The Balaban J connectivity index is 2.43. The summed E-state index contributed by atoms with van der Waals surface area (Å²) >= 11 is 0. The first-order chi connectivity index (χ1) is 8.43. The summed E-state index contributed by atoms with van der Waals surface area (Å²) in [7, 11) is 0. The van der Waals surface area contributed by atoms with Gasteiger partial charge in [0.15, 0.2) is 0 Å². The highest BCUT2D eigenvalue weighted by atomic mass is 16.5. The molecule has 0 fully saturated rings. The van der Waals surface area contributed by atoms with Crippen molar-refractivity contribution in [1.29, 1.82) is 0 Å². The van der Waals surface area contributed by atoms with Gasteiger partial charge in [0.1, 0.15) is 5.75 Å². The minimum absolute atomic E-state index is 0.0756. The molecule has 0 aliphatic carbocycles. The van der Waals surface area contributed by atoms with Crippen molar-refractivity contribution in [3.05, 3.63) is 29.8 Å². The summed E-state index contributed by atoms with van der Waals surface area (Å²) in [4.78, 5) is 11.7. The summed E-state index contributed by atoms with van der Waals surface area (Å²) < 4.78 is 5.49. The number of nitrogens with one attached hydrogen (secondary N) is 1. The molecule has 4 nitrogen and oxygen atoms in total. The van der Waals surface area contributed by atoms with Gasteiger partial charge >= 0.3 is 0 Å². The number of phenols is 1. The molecular formula is C14H21NO3. The minimum atomic E-state index is -0.358. The molecule has 0 saturated heterocycles. The summed E-state index contributed by atoms with van der Waals surface area (Å²) in [6.45, 7) is 6.89. The lowest BCUT2D eigenvalue weighted by Crippen LogP contribution is -2.41. The van der Waals surface area contributed by atoms with Gasteiger partial charge in [-0.25, -0.2) is 0 Å². The van der Waals surface area contributed by atoms with E-state index in [4.69, 9.17) is 4.74 Å². The van der Waals surface area contributed by atoms with Crippen molar-refractivity contribution in [3.8, 4) is 5.75 Å². The largest absolute Gasteiger partial charge is 0.508 e. The van der Waals surface area contributed by atoms with Crippen molar-refractivity contribution < 1.29 is 14.6 Å². The van der Waals surface area contributed by atoms with Crippen LogP contribution in [0.25, 0.3) is 0 Å². The van der Waals surface area contributed by atoms with E-state index in [0.29, 0.717) is 13.2 Å². The maximum atomic E-state index is 11.7. The van der Waals surface area contributed by atoms with Gasteiger partial charge in [-0.05, 0) is 38.5 Å². The summed E-state index contributed by atoms with van der Waals surface area (Å²) in [5.41, 5.74) is 0.435. The van der Waals surface area contributed by atoms with Crippen LogP contribution in [0.2, 0.25) is 0 Å². The van der Waals surface area contributed by atoms with Crippen molar-refractivity contribution in [2.24, 2.45) is 0 Å². The smallest absolute Gasteiger partial charge is 0.224 e. The van der Waals surface area contributed by atoms with Crippen molar-refractivity contribution in [3.63, 3.8) is 0 Å². The van der Waals surface area contributed by atoms with Crippen LogP contribution in [0, 0.1) is 0 Å². The number of carbonyl (C=O) groups excluding carboxylic acids is 1. The Kier molecular flexibility index (Phi) is 5.16. The lowest BCUT2D eigenvalue weighted by atomic mass is 10.1. The standard InChI is InChI=1S/C14H21NO3/c1-4-18-14(2,3)10-15-13(17)9-11-6-5-7-12(16)8-11/h5-8,16H,4,9-10H2,1-3H3,(H,15,17). The Hall–Kier alpha value is -1.55. The van der Waals surface area contributed by atoms with Crippen LogP contribution in [-0.4, -0.2) is 29.8 Å². The monoisotopic (exact) mass is 251 g/mol. The van der Waals surface area contributed by atoms with Crippen LogP contribution in [-0.2, 0) is 16.0 Å². The molecule has 1 aromatic carbocycles. The number of rotatable bonds is 6. The molecule has 0 saturated carbocycles. The molecular weight excluding hydrogens is 230 g/mol. The van der Waals surface area contributed by atoms with Crippen molar-refractivity contribution in [1.82, 2.24) is 5.32 Å². The molecule has 0 aliphatic heterocycles. The Morgan fingerprint density at radius 2 is 2.17 bits per heavy atom. The molecule has 0 heterocycles. The highest BCUT2D eigenvalue weighted by molar-refractivity contribution is 5.78. The highest BCUT2D eigenvalue weighted by Crippen LogP contribution is 2.11. The average molecular weight is 251 g/mol. The molecule has 2 N–H and O–H groups in total. The summed E-state index contributed by atoms with van der Waals surface area (Å²) in [6, 6.07) is 6.71. The molecule has 0 atom stereocenters. The maximum absolute atomic E-state index is 11.7. The molecule has 0 radical (unpaired) electrons. The fourth-order valence-electron chi connectivity index (χ4n) is 1.67. The third-order valence-corrected chi connectivity index (χ3v) is 2.52. The van der Waals surface area contributed by atoms with Crippen LogP contribution in [0.3, 0.4) is 0 Å². The zero-order valence-electron chi connectivity index (χ0n) is 11.2. The zero-order valence-corrected chi connectivity index (χ0v) is 11.2. The molecule has 1 rings (SSSR count). The van der Waals surface area contributed by atoms with Crippen molar-refractivity contribution >= 4 is 5.91 Å². The number of amides is 1. The van der Waals surface area contributed by atoms with E-state index in [-0.39, 0.29) is 23.7 Å². The molecule has 0 aliphatic rings. The number of phenolic OH excluding ortho intramolecular Hbond substituents is 1. The predicted molar refractivity (Wildman–Crippen MR) is 70.5 cm³/mol. The highest BCUT2D eigenvalue weighted by Gasteiger charge is 2.18. The number of ether oxygens (including phenoxy) is 1. The van der Waals surface area contributed by atoms with Gasteiger partial charge in [0.25, 0.3) is 0 Å². The molecule has 0 unspecified atom stereocenters. The number of aromatic hydroxyl groups is 1. The molecule has 0 spiro atoms. The van der Waals surface area contributed by atoms with Crippen LogP contribution >= 0.6 is 0 Å². The molecule has 0 aromatic heterocycles. The van der Waals surface area contributed by atoms with Gasteiger partial charge in [-0.3, -0.25) is 4.79 Å². The van der Waals surface area contributed by atoms with Crippen LogP contribution < -0.4 is 5.32 Å². The van der Waals surface area contributed by atoms with Crippen LogP contribution in [0.5, 0.6) is 5.75 Å². The molecule has 4 heteroatoms.